The van der Waals surface area contributed by atoms with Gasteiger partial charge in [-0.1, -0.05) is 18.2 Å². The highest BCUT2D eigenvalue weighted by molar-refractivity contribution is 7.10. The zero-order valence-corrected chi connectivity index (χ0v) is 8.25. The number of ether oxygens (including phenoxy) is 1. The molecule has 2 heterocycles. The molecule has 0 aliphatic carbocycles. The summed E-state index contributed by atoms with van der Waals surface area (Å²) >= 11 is 1.70. The SMILES string of the molecule is c1csc(C2Nc3ccccc3O2)c1. The maximum Gasteiger partial charge on any atom is 0.205 e. The quantitative estimate of drug-likeness (QED) is 0.768. The molecule has 0 fully saturated rings. The van der Waals surface area contributed by atoms with E-state index in [0.29, 0.717) is 0 Å². The van der Waals surface area contributed by atoms with E-state index in [1.807, 2.05) is 30.3 Å². The molecule has 0 saturated heterocycles. The first-order chi connectivity index (χ1) is 6.93. The van der Waals surface area contributed by atoms with Crippen LogP contribution in [0.5, 0.6) is 5.75 Å². The molecule has 2 aromatic rings. The van der Waals surface area contributed by atoms with Crippen molar-refractivity contribution in [2.45, 2.75) is 6.23 Å². The van der Waals surface area contributed by atoms with Crippen LogP contribution < -0.4 is 10.1 Å². The fourth-order valence-electron chi connectivity index (χ4n) is 1.56. The average Bonchev–Trinajstić information content (AvgIpc) is 2.86. The van der Waals surface area contributed by atoms with Crippen LogP contribution in [-0.4, -0.2) is 0 Å². The monoisotopic (exact) mass is 203 g/mol. The number of para-hydroxylation sites is 2. The largest absolute Gasteiger partial charge is 0.463 e. The van der Waals surface area contributed by atoms with Gasteiger partial charge in [0.05, 0.1) is 10.6 Å². The van der Waals surface area contributed by atoms with Crippen LogP contribution in [0.1, 0.15) is 11.1 Å². The smallest absolute Gasteiger partial charge is 0.205 e. The van der Waals surface area contributed by atoms with Gasteiger partial charge in [-0.25, -0.2) is 0 Å². The Kier molecular flexibility index (Phi) is 1.70. The van der Waals surface area contributed by atoms with E-state index in [1.165, 1.54) is 4.88 Å². The lowest BCUT2D eigenvalue weighted by Gasteiger charge is -2.07. The number of anilines is 1. The van der Waals surface area contributed by atoms with Gasteiger partial charge in [0.25, 0.3) is 0 Å². The lowest BCUT2D eigenvalue weighted by Crippen LogP contribution is -2.07. The molecule has 0 saturated carbocycles. The van der Waals surface area contributed by atoms with E-state index < -0.39 is 0 Å². The lowest BCUT2D eigenvalue weighted by atomic mass is 10.3. The van der Waals surface area contributed by atoms with Gasteiger partial charge in [0, 0.05) is 0 Å². The summed E-state index contributed by atoms with van der Waals surface area (Å²) in [6.07, 6.45) is -0.00704. The van der Waals surface area contributed by atoms with Crippen LogP contribution in [0.15, 0.2) is 41.8 Å². The maximum atomic E-state index is 5.75. The lowest BCUT2D eigenvalue weighted by molar-refractivity contribution is 0.264. The van der Waals surface area contributed by atoms with Crippen LogP contribution in [-0.2, 0) is 0 Å². The molecule has 1 aliphatic rings. The molecule has 0 amide bonds. The van der Waals surface area contributed by atoms with E-state index in [-0.39, 0.29) is 6.23 Å². The summed E-state index contributed by atoms with van der Waals surface area (Å²) in [5.74, 6) is 0.936. The van der Waals surface area contributed by atoms with E-state index in [4.69, 9.17) is 4.74 Å². The van der Waals surface area contributed by atoms with Crippen molar-refractivity contribution in [1.82, 2.24) is 0 Å². The van der Waals surface area contributed by atoms with Crippen LogP contribution in [0.25, 0.3) is 0 Å². The van der Waals surface area contributed by atoms with Crippen molar-refractivity contribution >= 4 is 17.0 Å². The van der Waals surface area contributed by atoms with Crippen molar-refractivity contribution in [3.63, 3.8) is 0 Å². The molecule has 1 unspecified atom stereocenters. The van der Waals surface area contributed by atoms with Crippen molar-refractivity contribution in [2.24, 2.45) is 0 Å². The third-order valence-electron chi connectivity index (χ3n) is 2.22. The second kappa shape index (κ2) is 3.03. The van der Waals surface area contributed by atoms with Crippen molar-refractivity contribution in [1.29, 1.82) is 0 Å². The normalized spacial score (nSPS) is 18.4. The Balaban J connectivity index is 1.92. The van der Waals surface area contributed by atoms with Gasteiger partial charge in [0.2, 0.25) is 6.23 Å². The maximum absolute atomic E-state index is 5.75. The molecular formula is C11H9NOS. The molecule has 1 aromatic carbocycles. The molecule has 1 aliphatic heterocycles. The third kappa shape index (κ3) is 1.17. The van der Waals surface area contributed by atoms with Crippen LogP contribution in [0, 0.1) is 0 Å². The minimum atomic E-state index is -0.00704. The summed E-state index contributed by atoms with van der Waals surface area (Å²) in [5.41, 5.74) is 1.07. The molecule has 70 valence electrons. The van der Waals surface area contributed by atoms with Gasteiger partial charge in [-0.3, -0.25) is 0 Å². The van der Waals surface area contributed by atoms with E-state index in [2.05, 4.69) is 16.8 Å². The van der Waals surface area contributed by atoms with Gasteiger partial charge in [-0.15, -0.1) is 11.3 Å². The van der Waals surface area contributed by atoms with Gasteiger partial charge in [0.15, 0.2) is 0 Å². The molecule has 0 spiro atoms. The Bertz CT molecular complexity index is 413. The predicted molar refractivity (Wildman–Crippen MR) is 57.8 cm³/mol. The highest BCUT2D eigenvalue weighted by Crippen LogP contribution is 2.38. The first-order valence-electron chi connectivity index (χ1n) is 4.49. The van der Waals surface area contributed by atoms with Gasteiger partial charge >= 0.3 is 0 Å². The predicted octanol–water partition coefficient (Wildman–Crippen LogP) is 3.25. The van der Waals surface area contributed by atoms with Gasteiger partial charge in [-0.2, -0.15) is 0 Å². The van der Waals surface area contributed by atoms with Crippen LogP contribution in [0.2, 0.25) is 0 Å². The summed E-state index contributed by atoms with van der Waals surface area (Å²) < 4.78 is 5.75. The second-order valence-electron chi connectivity index (χ2n) is 3.15. The Morgan fingerprint density at radius 1 is 1.14 bits per heavy atom. The minimum Gasteiger partial charge on any atom is -0.463 e. The molecule has 3 rings (SSSR count). The number of benzene rings is 1. The van der Waals surface area contributed by atoms with E-state index in [9.17, 15) is 0 Å². The molecule has 0 radical (unpaired) electrons. The van der Waals surface area contributed by atoms with Crippen molar-refractivity contribution in [3.05, 3.63) is 46.7 Å². The minimum absolute atomic E-state index is 0.00704. The summed E-state index contributed by atoms with van der Waals surface area (Å²) in [6, 6.07) is 12.1. The van der Waals surface area contributed by atoms with Gasteiger partial charge in [-0.05, 0) is 23.6 Å². The fourth-order valence-corrected chi connectivity index (χ4v) is 2.26. The molecule has 14 heavy (non-hydrogen) atoms. The molecule has 2 nitrogen and oxygen atoms in total. The molecule has 3 heteroatoms. The van der Waals surface area contributed by atoms with E-state index in [0.717, 1.165) is 11.4 Å². The number of fused-ring (bicyclic) bond motifs is 1. The highest BCUT2D eigenvalue weighted by Gasteiger charge is 2.22. The second-order valence-corrected chi connectivity index (χ2v) is 4.13. The van der Waals surface area contributed by atoms with Crippen LogP contribution in [0.4, 0.5) is 5.69 Å². The molecule has 1 N–H and O–H groups in total. The summed E-state index contributed by atoms with van der Waals surface area (Å²) in [7, 11) is 0. The Hall–Kier alpha value is -1.48. The topological polar surface area (TPSA) is 21.3 Å². The summed E-state index contributed by atoms with van der Waals surface area (Å²) in [5, 5.41) is 5.38. The third-order valence-corrected chi connectivity index (χ3v) is 3.14. The number of hydrogen-bond acceptors (Lipinski definition) is 3. The Morgan fingerprint density at radius 3 is 2.86 bits per heavy atom. The van der Waals surface area contributed by atoms with Gasteiger partial charge < -0.3 is 10.1 Å². The molecule has 1 aromatic heterocycles. The molecular weight excluding hydrogens is 194 g/mol. The van der Waals surface area contributed by atoms with Gasteiger partial charge in [0.1, 0.15) is 5.75 Å². The fraction of sp³-hybridized carbons (Fsp3) is 0.0909. The summed E-state index contributed by atoms with van der Waals surface area (Å²) in [4.78, 5) is 1.21. The average molecular weight is 203 g/mol. The van der Waals surface area contributed by atoms with Crippen LogP contribution >= 0.6 is 11.3 Å². The Morgan fingerprint density at radius 2 is 2.07 bits per heavy atom. The standard InChI is InChI=1S/C11H9NOS/c1-2-5-9-8(4-1)12-11(13-9)10-6-3-7-14-10/h1-7,11-12H. The molecule has 0 bridgehead atoms. The zero-order valence-electron chi connectivity index (χ0n) is 7.44. The first-order valence-corrected chi connectivity index (χ1v) is 5.37. The number of thiophene rings is 1. The number of nitrogens with one attached hydrogen (secondary N) is 1. The van der Waals surface area contributed by atoms with E-state index in [1.54, 1.807) is 11.3 Å². The van der Waals surface area contributed by atoms with Crippen molar-refractivity contribution < 1.29 is 4.74 Å². The van der Waals surface area contributed by atoms with Crippen molar-refractivity contribution in [2.75, 3.05) is 5.32 Å². The number of hydrogen-bond donors (Lipinski definition) is 1. The van der Waals surface area contributed by atoms with Crippen molar-refractivity contribution in [3.8, 4) is 5.75 Å². The van der Waals surface area contributed by atoms with E-state index >= 15 is 0 Å². The number of rotatable bonds is 1. The van der Waals surface area contributed by atoms with Crippen LogP contribution in [0.3, 0.4) is 0 Å². The Labute approximate surface area is 86.2 Å². The zero-order chi connectivity index (χ0) is 9.38. The molecule has 1 atom stereocenters. The first kappa shape index (κ1) is 7.88. The highest BCUT2D eigenvalue weighted by atomic mass is 32.1. The summed E-state index contributed by atoms with van der Waals surface area (Å²) in [6.45, 7) is 0.